The van der Waals surface area contributed by atoms with E-state index in [2.05, 4.69) is 20.6 Å². The fourth-order valence-corrected chi connectivity index (χ4v) is 2.42. The van der Waals surface area contributed by atoms with Crippen LogP contribution in [-0.2, 0) is 0 Å². The highest BCUT2D eigenvalue weighted by Crippen LogP contribution is 2.22. The third-order valence-electron chi connectivity index (χ3n) is 2.68. The lowest BCUT2D eigenvalue weighted by molar-refractivity contribution is 0.102. The van der Waals surface area contributed by atoms with Gasteiger partial charge in [-0.1, -0.05) is 0 Å². The van der Waals surface area contributed by atoms with E-state index in [0.29, 0.717) is 10.7 Å². The minimum atomic E-state index is -0.174. The minimum absolute atomic E-state index is 0.174. The maximum Gasteiger partial charge on any atom is 0.259 e. The second-order valence-electron chi connectivity index (χ2n) is 4.07. The molecule has 0 saturated heterocycles. The Kier molecular flexibility index (Phi) is 4.11. The van der Waals surface area contributed by atoms with Crippen LogP contribution in [0, 0.1) is 13.8 Å². The molecule has 0 spiro atoms. The van der Waals surface area contributed by atoms with Gasteiger partial charge in [-0.25, -0.2) is 4.98 Å². The van der Waals surface area contributed by atoms with Crippen LogP contribution in [0.5, 0.6) is 0 Å². The molecule has 1 amide bonds. The zero-order valence-electron chi connectivity index (χ0n) is 11.2. The van der Waals surface area contributed by atoms with Crippen LogP contribution in [0.15, 0.2) is 18.5 Å². The average molecular weight is 276 g/mol. The predicted molar refractivity (Wildman–Crippen MR) is 77.9 cm³/mol. The molecule has 0 radical (unpaired) electrons. The maximum atomic E-state index is 12.2. The lowest BCUT2D eigenvalue weighted by atomic mass is 10.2. The first-order valence-corrected chi connectivity index (χ1v) is 6.86. The van der Waals surface area contributed by atoms with Crippen LogP contribution in [0.2, 0.25) is 0 Å². The molecule has 100 valence electrons. The van der Waals surface area contributed by atoms with Gasteiger partial charge < -0.3 is 5.32 Å². The van der Waals surface area contributed by atoms with Gasteiger partial charge in [0.05, 0.1) is 23.1 Å². The lowest BCUT2D eigenvalue weighted by Crippen LogP contribution is -2.14. The molecule has 0 saturated carbocycles. The molecule has 19 heavy (non-hydrogen) atoms. The van der Waals surface area contributed by atoms with E-state index < -0.39 is 0 Å². The summed E-state index contributed by atoms with van der Waals surface area (Å²) in [5, 5.41) is 6.56. The molecule has 0 unspecified atom stereocenters. The van der Waals surface area contributed by atoms with Crippen molar-refractivity contribution in [2.75, 3.05) is 17.2 Å². The number of hydrogen-bond donors (Lipinski definition) is 2. The molecule has 5 nitrogen and oxygen atoms in total. The number of anilines is 2. The quantitative estimate of drug-likeness (QED) is 0.901. The Labute approximate surface area is 116 Å². The first-order valence-electron chi connectivity index (χ1n) is 6.05. The molecule has 0 fully saturated rings. The van der Waals surface area contributed by atoms with Crippen molar-refractivity contribution in [2.24, 2.45) is 0 Å². The first-order chi connectivity index (χ1) is 9.11. The monoisotopic (exact) mass is 276 g/mol. The number of aryl methyl sites for hydroxylation is 2. The fourth-order valence-electron chi connectivity index (χ4n) is 1.61. The standard InChI is InChI=1S/C13H16N4OS/c1-4-15-11-7-14-6-5-10(11)12(18)17-13-16-8(2)9(3)19-13/h5-7,15H,4H2,1-3H3,(H,16,17,18). The van der Waals surface area contributed by atoms with Crippen LogP contribution in [0.3, 0.4) is 0 Å². The SMILES string of the molecule is CCNc1cnccc1C(=O)Nc1nc(C)c(C)s1. The second-order valence-corrected chi connectivity index (χ2v) is 5.27. The number of aromatic nitrogens is 2. The molecule has 0 bridgehead atoms. The van der Waals surface area contributed by atoms with Crippen molar-refractivity contribution >= 4 is 28.1 Å². The number of amides is 1. The molecule has 2 N–H and O–H groups in total. The van der Waals surface area contributed by atoms with E-state index in [9.17, 15) is 4.79 Å². The van der Waals surface area contributed by atoms with Crippen molar-refractivity contribution in [1.29, 1.82) is 0 Å². The van der Waals surface area contributed by atoms with E-state index in [-0.39, 0.29) is 5.91 Å². The average Bonchev–Trinajstić information content (AvgIpc) is 2.69. The van der Waals surface area contributed by atoms with Crippen LogP contribution in [0.1, 0.15) is 27.9 Å². The molecule has 0 aromatic carbocycles. The van der Waals surface area contributed by atoms with E-state index in [1.807, 2.05) is 20.8 Å². The number of pyridine rings is 1. The van der Waals surface area contributed by atoms with E-state index in [1.165, 1.54) is 11.3 Å². The number of rotatable bonds is 4. The zero-order valence-corrected chi connectivity index (χ0v) is 12.0. The predicted octanol–water partition coefficient (Wildman–Crippen LogP) is 2.84. The summed E-state index contributed by atoms with van der Waals surface area (Å²) in [6, 6.07) is 1.70. The minimum Gasteiger partial charge on any atom is -0.383 e. The smallest absolute Gasteiger partial charge is 0.259 e. The Balaban J connectivity index is 2.20. The summed E-state index contributed by atoms with van der Waals surface area (Å²) in [4.78, 5) is 21.6. The molecule has 0 aliphatic heterocycles. The van der Waals surface area contributed by atoms with Crippen LogP contribution < -0.4 is 10.6 Å². The summed E-state index contributed by atoms with van der Waals surface area (Å²) in [6.45, 7) is 6.63. The number of carbonyl (C=O) groups is 1. The van der Waals surface area contributed by atoms with Crippen molar-refractivity contribution in [3.8, 4) is 0 Å². The molecule has 2 aromatic rings. The van der Waals surface area contributed by atoms with E-state index >= 15 is 0 Å². The van der Waals surface area contributed by atoms with Crippen LogP contribution in [-0.4, -0.2) is 22.4 Å². The van der Waals surface area contributed by atoms with Crippen molar-refractivity contribution in [2.45, 2.75) is 20.8 Å². The van der Waals surface area contributed by atoms with Crippen LogP contribution in [0.25, 0.3) is 0 Å². The fraction of sp³-hybridized carbons (Fsp3) is 0.308. The Hall–Kier alpha value is -1.95. The topological polar surface area (TPSA) is 66.9 Å². The maximum absolute atomic E-state index is 12.2. The van der Waals surface area contributed by atoms with Gasteiger partial charge in [-0.15, -0.1) is 11.3 Å². The highest BCUT2D eigenvalue weighted by molar-refractivity contribution is 7.15. The van der Waals surface area contributed by atoms with Gasteiger partial charge in [-0.05, 0) is 26.8 Å². The molecule has 0 aliphatic carbocycles. The molecule has 2 heterocycles. The molecule has 2 aromatic heterocycles. The first kappa shape index (κ1) is 13.5. The summed E-state index contributed by atoms with van der Waals surface area (Å²) < 4.78 is 0. The van der Waals surface area contributed by atoms with Crippen molar-refractivity contribution in [1.82, 2.24) is 9.97 Å². The van der Waals surface area contributed by atoms with Gasteiger partial charge in [-0.2, -0.15) is 0 Å². The number of nitrogens with zero attached hydrogens (tertiary/aromatic N) is 2. The molecule has 0 atom stereocenters. The van der Waals surface area contributed by atoms with Gasteiger partial charge >= 0.3 is 0 Å². The van der Waals surface area contributed by atoms with Crippen LogP contribution in [0.4, 0.5) is 10.8 Å². The number of nitrogens with one attached hydrogen (secondary N) is 2. The van der Waals surface area contributed by atoms with Gasteiger partial charge in [0, 0.05) is 17.6 Å². The van der Waals surface area contributed by atoms with Gasteiger partial charge in [0.15, 0.2) is 5.13 Å². The molecule has 0 aliphatic rings. The Morgan fingerprint density at radius 1 is 1.42 bits per heavy atom. The van der Waals surface area contributed by atoms with Crippen molar-refractivity contribution < 1.29 is 4.79 Å². The Bertz CT molecular complexity index is 575. The van der Waals surface area contributed by atoms with Gasteiger partial charge in [-0.3, -0.25) is 15.1 Å². The highest BCUT2D eigenvalue weighted by Gasteiger charge is 2.13. The summed E-state index contributed by atoms with van der Waals surface area (Å²) in [5.41, 5.74) is 2.25. The number of thiazole rings is 1. The summed E-state index contributed by atoms with van der Waals surface area (Å²) in [7, 11) is 0. The normalized spacial score (nSPS) is 10.3. The third-order valence-corrected chi connectivity index (χ3v) is 3.67. The van der Waals surface area contributed by atoms with Crippen molar-refractivity contribution in [3.05, 3.63) is 34.6 Å². The molecular weight excluding hydrogens is 260 g/mol. The highest BCUT2D eigenvalue weighted by atomic mass is 32.1. The number of carbonyl (C=O) groups excluding carboxylic acids is 1. The van der Waals surface area contributed by atoms with E-state index in [4.69, 9.17) is 0 Å². The number of hydrogen-bond acceptors (Lipinski definition) is 5. The van der Waals surface area contributed by atoms with Gasteiger partial charge in [0.2, 0.25) is 0 Å². The van der Waals surface area contributed by atoms with Crippen molar-refractivity contribution in [3.63, 3.8) is 0 Å². The third kappa shape index (κ3) is 3.08. The van der Waals surface area contributed by atoms with E-state index in [1.54, 1.807) is 18.5 Å². The van der Waals surface area contributed by atoms with E-state index in [0.717, 1.165) is 22.8 Å². The lowest BCUT2D eigenvalue weighted by Gasteiger charge is -2.08. The largest absolute Gasteiger partial charge is 0.383 e. The van der Waals surface area contributed by atoms with Gasteiger partial charge in [0.25, 0.3) is 5.91 Å². The summed E-state index contributed by atoms with van der Waals surface area (Å²) >= 11 is 1.48. The second kappa shape index (κ2) is 5.79. The summed E-state index contributed by atoms with van der Waals surface area (Å²) in [5.74, 6) is -0.174. The zero-order chi connectivity index (χ0) is 13.8. The van der Waals surface area contributed by atoms with Gasteiger partial charge in [0.1, 0.15) is 0 Å². The molecule has 6 heteroatoms. The Morgan fingerprint density at radius 3 is 2.84 bits per heavy atom. The Morgan fingerprint density at radius 2 is 2.21 bits per heavy atom. The molecule has 2 rings (SSSR count). The molecular formula is C13H16N4OS. The summed E-state index contributed by atoms with van der Waals surface area (Å²) in [6.07, 6.45) is 3.25. The van der Waals surface area contributed by atoms with Crippen LogP contribution >= 0.6 is 11.3 Å².